The normalized spacial score (nSPS) is 12.3. The molecule has 0 spiro atoms. The number of hydrogen-bond acceptors (Lipinski definition) is 7. The summed E-state index contributed by atoms with van der Waals surface area (Å²) in [5.41, 5.74) is 2.95. The molecule has 1 amide bonds. The zero-order valence-corrected chi connectivity index (χ0v) is 27.6. The number of carbonyl (C=O) groups is 2. The van der Waals surface area contributed by atoms with Gasteiger partial charge in [-0.1, -0.05) is 35.9 Å². The molecule has 3 aromatic rings. The third-order valence-corrected chi connectivity index (χ3v) is 11.7. The Morgan fingerprint density at radius 2 is 1.70 bits per heavy atom. The number of amides is 1. The molecule has 0 radical (unpaired) electrons. The minimum atomic E-state index is -4.11. The summed E-state index contributed by atoms with van der Waals surface area (Å²) in [7, 11) is -7.75. The summed E-state index contributed by atoms with van der Waals surface area (Å²) in [4.78, 5) is 27.4. The lowest BCUT2D eigenvalue weighted by molar-refractivity contribution is -0.136. The molecule has 2 aromatic carbocycles. The predicted octanol–water partition coefficient (Wildman–Crippen LogP) is 4.73. The Morgan fingerprint density at radius 3 is 2.39 bits per heavy atom. The molecule has 10 nitrogen and oxygen atoms in total. The Labute approximate surface area is 264 Å². The van der Waals surface area contributed by atoms with Crippen LogP contribution >= 0.6 is 11.6 Å². The standard InChI is InChI=1S/C31H38ClN3O7S2/c1-22-21-33-15-13-26(22)24-8-5-9-25(20-24)31(3,4)35(44(41,42)28-11-6-10-27(32)23(28)2)17-7-12-29(36)34-16-19-43(39,40)18-14-30(37)38/h5-6,8-11,13,15,20-21H,7,12,14,16-19H2,1-4H3,(H,34,36)(H,37,38). The van der Waals surface area contributed by atoms with Gasteiger partial charge in [0.15, 0.2) is 9.84 Å². The monoisotopic (exact) mass is 663 g/mol. The predicted molar refractivity (Wildman–Crippen MR) is 171 cm³/mol. The first-order valence-electron chi connectivity index (χ1n) is 14.0. The Balaban J connectivity index is 1.86. The number of aliphatic carboxylic acids is 1. The molecule has 238 valence electrons. The topological polar surface area (TPSA) is 151 Å². The van der Waals surface area contributed by atoms with Gasteiger partial charge in [-0.3, -0.25) is 14.6 Å². The summed E-state index contributed by atoms with van der Waals surface area (Å²) in [6.45, 7) is 7.04. The number of halogens is 1. The Hall–Kier alpha value is -3.32. The summed E-state index contributed by atoms with van der Waals surface area (Å²) in [5.74, 6) is -2.55. The molecule has 13 heteroatoms. The molecule has 44 heavy (non-hydrogen) atoms. The lowest BCUT2D eigenvalue weighted by Gasteiger charge is -2.38. The van der Waals surface area contributed by atoms with Crippen molar-refractivity contribution in [2.45, 2.75) is 57.4 Å². The first kappa shape index (κ1) is 35.2. The van der Waals surface area contributed by atoms with Crippen molar-refractivity contribution in [1.29, 1.82) is 0 Å². The van der Waals surface area contributed by atoms with Crippen LogP contribution in [0.2, 0.25) is 5.02 Å². The van der Waals surface area contributed by atoms with Crippen molar-refractivity contribution in [3.05, 3.63) is 82.6 Å². The highest BCUT2D eigenvalue weighted by molar-refractivity contribution is 7.91. The molecular weight excluding hydrogens is 626 g/mol. The van der Waals surface area contributed by atoms with Crippen molar-refractivity contribution in [3.8, 4) is 11.1 Å². The SMILES string of the molecule is Cc1cnccc1-c1cccc(C(C)(C)N(CCCC(=O)NCCS(=O)(=O)CCC(=O)O)S(=O)(=O)c2cccc(Cl)c2C)c1. The number of hydrogen-bond donors (Lipinski definition) is 2. The molecule has 0 bridgehead atoms. The van der Waals surface area contributed by atoms with E-state index < -0.39 is 49.4 Å². The van der Waals surface area contributed by atoms with Gasteiger partial charge in [-0.2, -0.15) is 4.31 Å². The van der Waals surface area contributed by atoms with Crippen LogP contribution in [0.5, 0.6) is 0 Å². The van der Waals surface area contributed by atoms with Gasteiger partial charge in [0.25, 0.3) is 0 Å². The van der Waals surface area contributed by atoms with Crippen LogP contribution in [0.15, 0.2) is 65.8 Å². The Morgan fingerprint density at radius 1 is 1.00 bits per heavy atom. The number of nitrogens with zero attached hydrogens (tertiary/aromatic N) is 2. The number of aryl methyl sites for hydroxylation is 1. The molecule has 0 saturated heterocycles. The molecular formula is C31H38ClN3O7S2. The minimum Gasteiger partial charge on any atom is -0.481 e. The third kappa shape index (κ3) is 8.87. The molecule has 0 aliphatic carbocycles. The molecule has 0 fully saturated rings. The molecule has 2 N–H and O–H groups in total. The van der Waals surface area contributed by atoms with E-state index in [1.807, 2.05) is 51.1 Å². The number of sulfonamides is 1. The van der Waals surface area contributed by atoms with Gasteiger partial charge in [-0.25, -0.2) is 16.8 Å². The molecule has 3 rings (SSSR count). The van der Waals surface area contributed by atoms with E-state index in [-0.39, 0.29) is 36.6 Å². The highest BCUT2D eigenvalue weighted by atomic mass is 35.5. The van der Waals surface area contributed by atoms with Crippen LogP contribution in [0.25, 0.3) is 11.1 Å². The molecule has 0 aliphatic heterocycles. The van der Waals surface area contributed by atoms with Crippen LogP contribution in [-0.2, 0) is 35.0 Å². The van der Waals surface area contributed by atoms with Crippen molar-refractivity contribution in [2.24, 2.45) is 0 Å². The summed E-state index contributed by atoms with van der Waals surface area (Å²) >= 11 is 6.31. The summed E-state index contributed by atoms with van der Waals surface area (Å²) in [5, 5.41) is 11.6. The average molecular weight is 664 g/mol. The van der Waals surface area contributed by atoms with Gasteiger partial charge in [-0.15, -0.1) is 0 Å². The van der Waals surface area contributed by atoms with E-state index in [2.05, 4.69) is 10.3 Å². The quantitative estimate of drug-likeness (QED) is 0.237. The van der Waals surface area contributed by atoms with Gasteiger partial charge < -0.3 is 10.4 Å². The van der Waals surface area contributed by atoms with Crippen LogP contribution < -0.4 is 5.32 Å². The Kier molecular flexibility index (Phi) is 11.7. The zero-order valence-electron chi connectivity index (χ0n) is 25.2. The number of carboxylic acids is 1. The second-order valence-corrected chi connectivity index (χ2v) is 15.6. The van der Waals surface area contributed by atoms with Crippen LogP contribution in [-0.4, -0.2) is 67.7 Å². The maximum absolute atomic E-state index is 14.3. The van der Waals surface area contributed by atoms with E-state index in [1.54, 1.807) is 31.5 Å². The smallest absolute Gasteiger partial charge is 0.304 e. The van der Waals surface area contributed by atoms with E-state index >= 15 is 0 Å². The Bertz CT molecular complexity index is 1730. The molecule has 0 unspecified atom stereocenters. The highest BCUT2D eigenvalue weighted by Gasteiger charge is 2.39. The van der Waals surface area contributed by atoms with Crippen molar-refractivity contribution in [1.82, 2.24) is 14.6 Å². The molecule has 0 atom stereocenters. The van der Waals surface area contributed by atoms with Gasteiger partial charge in [0, 0.05) is 36.9 Å². The minimum absolute atomic E-state index is 0.00979. The van der Waals surface area contributed by atoms with Crippen LogP contribution in [0.1, 0.15) is 49.8 Å². The van der Waals surface area contributed by atoms with Crippen molar-refractivity contribution in [2.75, 3.05) is 24.6 Å². The van der Waals surface area contributed by atoms with Crippen molar-refractivity contribution < 1.29 is 31.5 Å². The summed E-state index contributed by atoms with van der Waals surface area (Å²) < 4.78 is 53.9. The van der Waals surface area contributed by atoms with Crippen LogP contribution in [0.4, 0.5) is 0 Å². The number of aromatic nitrogens is 1. The van der Waals surface area contributed by atoms with E-state index in [0.717, 1.165) is 22.3 Å². The molecule has 1 aromatic heterocycles. The fourth-order valence-electron chi connectivity index (χ4n) is 4.86. The van der Waals surface area contributed by atoms with Gasteiger partial charge in [-0.05, 0) is 86.2 Å². The maximum atomic E-state index is 14.3. The number of nitrogens with one attached hydrogen (secondary N) is 1. The number of carbonyl (C=O) groups excluding carboxylic acids is 1. The largest absolute Gasteiger partial charge is 0.481 e. The molecule has 1 heterocycles. The highest BCUT2D eigenvalue weighted by Crippen LogP contribution is 2.37. The number of pyridine rings is 1. The number of benzene rings is 2. The number of sulfone groups is 1. The van der Waals surface area contributed by atoms with E-state index in [0.29, 0.717) is 10.6 Å². The van der Waals surface area contributed by atoms with Crippen molar-refractivity contribution >= 4 is 43.3 Å². The van der Waals surface area contributed by atoms with Gasteiger partial charge in [0.05, 0.1) is 28.4 Å². The first-order valence-corrected chi connectivity index (χ1v) is 17.7. The van der Waals surface area contributed by atoms with E-state index in [4.69, 9.17) is 16.7 Å². The maximum Gasteiger partial charge on any atom is 0.304 e. The fraction of sp³-hybridized carbons (Fsp3) is 0.387. The first-order chi connectivity index (χ1) is 20.6. The van der Waals surface area contributed by atoms with Gasteiger partial charge in [0.2, 0.25) is 15.9 Å². The second kappa shape index (κ2) is 14.6. The number of carboxylic acid groups (broad SMARTS) is 1. The lowest BCUT2D eigenvalue weighted by Crippen LogP contribution is -2.46. The fourth-order valence-corrected chi connectivity index (χ4v) is 8.25. The second-order valence-electron chi connectivity index (χ2n) is 11.0. The third-order valence-electron chi connectivity index (χ3n) is 7.44. The molecule has 0 aliphatic rings. The van der Waals surface area contributed by atoms with Crippen molar-refractivity contribution in [3.63, 3.8) is 0 Å². The van der Waals surface area contributed by atoms with Gasteiger partial charge in [0.1, 0.15) is 0 Å². The van der Waals surface area contributed by atoms with E-state index in [1.165, 1.54) is 10.4 Å². The zero-order chi connectivity index (χ0) is 32.7. The number of rotatable bonds is 15. The summed E-state index contributed by atoms with van der Waals surface area (Å²) in [6, 6.07) is 14.3. The van der Waals surface area contributed by atoms with Gasteiger partial charge >= 0.3 is 5.97 Å². The van der Waals surface area contributed by atoms with E-state index in [9.17, 15) is 26.4 Å². The van der Waals surface area contributed by atoms with Crippen LogP contribution in [0.3, 0.4) is 0 Å². The molecule has 0 saturated carbocycles. The lowest BCUT2D eigenvalue weighted by atomic mass is 9.90. The van der Waals surface area contributed by atoms with Crippen LogP contribution in [0, 0.1) is 13.8 Å². The summed E-state index contributed by atoms with van der Waals surface area (Å²) in [6.07, 6.45) is 3.07. The average Bonchev–Trinajstić information content (AvgIpc) is 2.95.